The lowest BCUT2D eigenvalue weighted by atomic mass is 10.0. The average molecular weight is 567 g/mol. The van der Waals surface area contributed by atoms with Crippen molar-refractivity contribution in [2.45, 2.75) is 26.7 Å². The van der Waals surface area contributed by atoms with Crippen molar-refractivity contribution < 1.29 is 19.0 Å². The van der Waals surface area contributed by atoms with E-state index in [1.54, 1.807) is 6.08 Å². The first kappa shape index (κ1) is 24.0. The summed E-state index contributed by atoms with van der Waals surface area (Å²) in [7, 11) is 0. The number of nitrogens with zero attached hydrogens (tertiary/aromatic N) is 1. The van der Waals surface area contributed by atoms with E-state index >= 15 is 0 Å². The summed E-state index contributed by atoms with van der Waals surface area (Å²) >= 11 is 2.23. The van der Waals surface area contributed by atoms with Crippen LogP contribution in [0.5, 0.6) is 11.5 Å². The van der Waals surface area contributed by atoms with Crippen LogP contribution in [0.2, 0.25) is 0 Å². The van der Waals surface area contributed by atoms with E-state index in [0.29, 0.717) is 24.9 Å². The molecule has 6 heteroatoms. The SMILES string of the molecule is CCCCOc1c(I)cc(/C=C2\N=C(c3ccc(-c4ccccc4)cc3)OC2=O)cc1OCC. The van der Waals surface area contributed by atoms with E-state index < -0.39 is 5.97 Å². The van der Waals surface area contributed by atoms with Gasteiger partial charge in [0.2, 0.25) is 5.90 Å². The number of benzene rings is 3. The Labute approximate surface area is 213 Å². The van der Waals surface area contributed by atoms with E-state index in [1.807, 2.05) is 61.5 Å². The molecular weight excluding hydrogens is 541 g/mol. The molecule has 1 heterocycles. The summed E-state index contributed by atoms with van der Waals surface area (Å²) in [6, 6.07) is 21.8. The molecule has 1 aliphatic rings. The largest absolute Gasteiger partial charge is 0.490 e. The summed E-state index contributed by atoms with van der Waals surface area (Å²) in [5.41, 5.74) is 4.01. The van der Waals surface area contributed by atoms with Gasteiger partial charge in [-0.25, -0.2) is 9.79 Å². The van der Waals surface area contributed by atoms with Crippen LogP contribution in [0, 0.1) is 3.57 Å². The zero-order chi connectivity index (χ0) is 23.9. The summed E-state index contributed by atoms with van der Waals surface area (Å²) in [6.45, 7) is 5.21. The fourth-order valence-electron chi connectivity index (χ4n) is 3.52. The van der Waals surface area contributed by atoms with Gasteiger partial charge in [0.25, 0.3) is 0 Å². The van der Waals surface area contributed by atoms with Crippen molar-refractivity contribution >= 4 is 40.5 Å². The van der Waals surface area contributed by atoms with Gasteiger partial charge < -0.3 is 14.2 Å². The minimum Gasteiger partial charge on any atom is -0.490 e. The lowest BCUT2D eigenvalue weighted by molar-refractivity contribution is -0.129. The minimum atomic E-state index is -0.474. The molecule has 5 nitrogen and oxygen atoms in total. The average Bonchev–Trinajstić information content (AvgIpc) is 3.21. The van der Waals surface area contributed by atoms with Crippen LogP contribution >= 0.6 is 22.6 Å². The fourth-order valence-corrected chi connectivity index (χ4v) is 4.30. The molecule has 0 spiro atoms. The Morgan fingerprint density at radius 3 is 2.35 bits per heavy atom. The first-order chi connectivity index (χ1) is 16.6. The van der Waals surface area contributed by atoms with Gasteiger partial charge in [-0.2, -0.15) is 0 Å². The van der Waals surface area contributed by atoms with Gasteiger partial charge in [0.15, 0.2) is 17.2 Å². The predicted molar refractivity (Wildman–Crippen MR) is 143 cm³/mol. The maximum Gasteiger partial charge on any atom is 0.363 e. The molecule has 3 aromatic carbocycles. The molecule has 0 bridgehead atoms. The molecule has 0 radical (unpaired) electrons. The molecule has 4 rings (SSSR count). The maximum absolute atomic E-state index is 12.5. The van der Waals surface area contributed by atoms with Gasteiger partial charge in [-0.3, -0.25) is 0 Å². The molecule has 1 aliphatic heterocycles. The zero-order valence-corrected chi connectivity index (χ0v) is 21.4. The topological polar surface area (TPSA) is 57.1 Å². The number of aliphatic imine (C=N–C) groups is 1. The summed E-state index contributed by atoms with van der Waals surface area (Å²) in [5.74, 6) is 1.22. The van der Waals surface area contributed by atoms with E-state index in [4.69, 9.17) is 14.2 Å². The van der Waals surface area contributed by atoms with Crippen LogP contribution in [0.1, 0.15) is 37.8 Å². The van der Waals surface area contributed by atoms with Gasteiger partial charge in [-0.05, 0) is 83.0 Å². The third-order valence-corrected chi connectivity index (χ3v) is 6.04. The van der Waals surface area contributed by atoms with Gasteiger partial charge in [0.1, 0.15) is 0 Å². The van der Waals surface area contributed by atoms with E-state index in [1.165, 1.54) is 0 Å². The Morgan fingerprint density at radius 1 is 0.941 bits per heavy atom. The molecule has 0 N–H and O–H groups in total. The lowest BCUT2D eigenvalue weighted by Gasteiger charge is -2.14. The fraction of sp³-hybridized carbons (Fsp3) is 0.214. The van der Waals surface area contributed by atoms with Gasteiger partial charge in [0, 0.05) is 5.56 Å². The Bertz CT molecular complexity index is 1220. The first-order valence-electron chi connectivity index (χ1n) is 11.4. The smallest absolute Gasteiger partial charge is 0.363 e. The number of halogens is 1. The van der Waals surface area contributed by atoms with Crippen LogP contribution < -0.4 is 9.47 Å². The minimum absolute atomic E-state index is 0.250. The standard InChI is InChI=1S/C28H26INO4/c1-3-5-15-33-26-23(29)16-19(18-25(26)32-4-2)17-24-28(31)34-27(30-24)22-13-11-21(12-14-22)20-9-7-6-8-10-20/h6-14,16-18H,3-5,15H2,1-2H3/b24-17-. The molecule has 3 aromatic rings. The number of esters is 1. The van der Waals surface area contributed by atoms with E-state index in [2.05, 4.69) is 46.6 Å². The van der Waals surface area contributed by atoms with E-state index in [9.17, 15) is 4.79 Å². The molecule has 174 valence electrons. The molecule has 0 amide bonds. The zero-order valence-electron chi connectivity index (χ0n) is 19.2. The third-order valence-electron chi connectivity index (χ3n) is 5.24. The van der Waals surface area contributed by atoms with Crippen LogP contribution in [0.15, 0.2) is 77.4 Å². The highest BCUT2D eigenvalue weighted by Crippen LogP contribution is 2.35. The summed E-state index contributed by atoms with van der Waals surface area (Å²) in [5, 5.41) is 0. The van der Waals surface area contributed by atoms with Crippen LogP contribution in [0.25, 0.3) is 17.2 Å². The van der Waals surface area contributed by atoms with Crippen molar-refractivity contribution in [1.82, 2.24) is 0 Å². The van der Waals surface area contributed by atoms with Crippen molar-refractivity contribution in [2.24, 2.45) is 4.99 Å². The predicted octanol–water partition coefficient (Wildman–Crippen LogP) is 6.88. The molecular formula is C28H26INO4. The quantitative estimate of drug-likeness (QED) is 0.122. The Kier molecular flexibility index (Phi) is 8.00. The molecule has 0 unspecified atom stereocenters. The van der Waals surface area contributed by atoms with Gasteiger partial charge >= 0.3 is 5.97 Å². The van der Waals surface area contributed by atoms with Crippen LogP contribution in [0.3, 0.4) is 0 Å². The number of carbonyl (C=O) groups is 1. The summed E-state index contributed by atoms with van der Waals surface area (Å²) < 4.78 is 18.1. The van der Waals surface area contributed by atoms with Gasteiger partial charge in [-0.1, -0.05) is 55.8 Å². The van der Waals surface area contributed by atoms with Crippen molar-refractivity contribution in [3.63, 3.8) is 0 Å². The second-order valence-electron chi connectivity index (χ2n) is 7.74. The highest BCUT2D eigenvalue weighted by atomic mass is 127. The normalized spacial score (nSPS) is 14.1. The number of rotatable bonds is 9. The Morgan fingerprint density at radius 2 is 1.65 bits per heavy atom. The maximum atomic E-state index is 12.5. The molecule has 0 fully saturated rings. The van der Waals surface area contributed by atoms with Crippen LogP contribution in [-0.4, -0.2) is 25.1 Å². The van der Waals surface area contributed by atoms with Crippen molar-refractivity contribution in [1.29, 1.82) is 0 Å². The van der Waals surface area contributed by atoms with Crippen molar-refractivity contribution in [3.05, 3.63) is 87.1 Å². The third kappa shape index (κ3) is 5.67. The molecule has 0 aromatic heterocycles. The van der Waals surface area contributed by atoms with Crippen LogP contribution in [-0.2, 0) is 9.53 Å². The Hall–Kier alpha value is -3.13. The molecule has 0 atom stereocenters. The number of hydrogen-bond donors (Lipinski definition) is 0. The van der Waals surface area contributed by atoms with E-state index in [0.717, 1.165) is 44.4 Å². The first-order valence-corrected chi connectivity index (χ1v) is 12.4. The molecule has 0 saturated carbocycles. The lowest BCUT2D eigenvalue weighted by Crippen LogP contribution is -2.05. The van der Waals surface area contributed by atoms with Crippen molar-refractivity contribution in [3.8, 4) is 22.6 Å². The summed E-state index contributed by atoms with van der Waals surface area (Å²) in [6.07, 6.45) is 3.75. The molecule has 0 saturated heterocycles. The van der Waals surface area contributed by atoms with Gasteiger partial charge in [0.05, 0.1) is 16.8 Å². The van der Waals surface area contributed by atoms with Gasteiger partial charge in [-0.15, -0.1) is 0 Å². The van der Waals surface area contributed by atoms with E-state index in [-0.39, 0.29) is 5.70 Å². The number of ether oxygens (including phenoxy) is 3. The Balaban J connectivity index is 1.58. The van der Waals surface area contributed by atoms with Crippen molar-refractivity contribution in [2.75, 3.05) is 13.2 Å². The number of unbranched alkanes of at least 4 members (excludes halogenated alkanes) is 1. The second kappa shape index (κ2) is 11.3. The van der Waals surface area contributed by atoms with Crippen LogP contribution in [0.4, 0.5) is 0 Å². The summed E-state index contributed by atoms with van der Waals surface area (Å²) in [4.78, 5) is 17.0. The highest BCUT2D eigenvalue weighted by Gasteiger charge is 2.24. The number of carbonyl (C=O) groups excluding carboxylic acids is 1. The molecule has 34 heavy (non-hydrogen) atoms. The second-order valence-corrected chi connectivity index (χ2v) is 8.91. The number of hydrogen-bond acceptors (Lipinski definition) is 5. The highest BCUT2D eigenvalue weighted by molar-refractivity contribution is 14.1. The monoisotopic (exact) mass is 567 g/mol. The number of cyclic esters (lactones) is 1. The molecule has 0 aliphatic carbocycles.